The number of anilines is 1. The van der Waals surface area contributed by atoms with Gasteiger partial charge in [0.1, 0.15) is 17.3 Å². The van der Waals surface area contributed by atoms with Gasteiger partial charge in [0.2, 0.25) is 15.9 Å². The summed E-state index contributed by atoms with van der Waals surface area (Å²) in [7, 11) is -2.18. The van der Waals surface area contributed by atoms with Crippen LogP contribution in [0.2, 0.25) is 10.0 Å². The van der Waals surface area contributed by atoms with Crippen molar-refractivity contribution in [3.63, 3.8) is 0 Å². The first-order chi connectivity index (χ1) is 16.8. The summed E-state index contributed by atoms with van der Waals surface area (Å²) >= 11 is 13.8. The van der Waals surface area contributed by atoms with E-state index in [9.17, 15) is 13.2 Å². The average Bonchev–Trinajstić information content (AvgIpc) is 3.53. The van der Waals surface area contributed by atoms with Gasteiger partial charge in [0.15, 0.2) is 5.13 Å². The van der Waals surface area contributed by atoms with Crippen LogP contribution in [0.1, 0.15) is 12.8 Å². The summed E-state index contributed by atoms with van der Waals surface area (Å²) < 4.78 is 34.1. The SMILES string of the molecule is COc1ccc(Cl)c2sc(N3CCN(C(=O)C4CCCN4S(=O)(=O)c4ccc(Cl)cc4)CC3)nc12. The van der Waals surface area contributed by atoms with Crippen molar-refractivity contribution >= 4 is 65.8 Å². The highest BCUT2D eigenvalue weighted by Gasteiger charge is 2.41. The molecule has 186 valence electrons. The Morgan fingerprint density at radius 3 is 2.46 bits per heavy atom. The maximum Gasteiger partial charge on any atom is 0.243 e. The van der Waals surface area contributed by atoms with Crippen LogP contribution in [0.5, 0.6) is 5.75 Å². The molecule has 35 heavy (non-hydrogen) atoms. The van der Waals surface area contributed by atoms with Crippen LogP contribution in [-0.2, 0) is 14.8 Å². The second-order valence-electron chi connectivity index (χ2n) is 8.46. The fraction of sp³-hybridized carbons (Fsp3) is 0.391. The van der Waals surface area contributed by atoms with E-state index in [1.54, 1.807) is 36.3 Å². The molecule has 0 radical (unpaired) electrons. The van der Waals surface area contributed by atoms with E-state index in [1.165, 1.54) is 27.8 Å². The minimum atomic E-state index is -3.78. The number of fused-ring (bicyclic) bond motifs is 1. The van der Waals surface area contributed by atoms with Gasteiger partial charge in [0, 0.05) is 37.7 Å². The number of methoxy groups -OCH3 is 1. The third-order valence-electron chi connectivity index (χ3n) is 6.44. The zero-order valence-electron chi connectivity index (χ0n) is 19.0. The molecule has 0 N–H and O–H groups in total. The number of aromatic nitrogens is 1. The number of carbonyl (C=O) groups excluding carboxylic acids is 1. The lowest BCUT2D eigenvalue weighted by Crippen LogP contribution is -2.54. The fourth-order valence-electron chi connectivity index (χ4n) is 4.59. The number of hydrogen-bond acceptors (Lipinski definition) is 7. The molecule has 1 atom stereocenters. The molecule has 1 amide bonds. The molecule has 2 saturated heterocycles. The van der Waals surface area contributed by atoms with Gasteiger partial charge in [-0.1, -0.05) is 34.5 Å². The van der Waals surface area contributed by atoms with Gasteiger partial charge in [-0.3, -0.25) is 4.79 Å². The van der Waals surface area contributed by atoms with Crippen molar-refractivity contribution in [1.82, 2.24) is 14.2 Å². The molecule has 12 heteroatoms. The van der Waals surface area contributed by atoms with E-state index in [1.807, 2.05) is 0 Å². The standard InChI is InChI=1S/C23H24Cl2N4O4S2/c1-33-19-9-8-17(25)21-20(19)26-23(34-21)28-13-11-27(12-14-28)22(30)18-3-2-10-29(18)35(31,32)16-6-4-15(24)5-7-16/h4-9,18H,2-3,10-14H2,1H3. The predicted molar refractivity (Wildman–Crippen MR) is 138 cm³/mol. The molecule has 5 rings (SSSR count). The van der Waals surface area contributed by atoms with E-state index < -0.39 is 16.1 Å². The Kier molecular flexibility index (Phi) is 6.84. The summed E-state index contributed by atoms with van der Waals surface area (Å²) in [5.74, 6) is 0.526. The first kappa shape index (κ1) is 24.6. The predicted octanol–water partition coefficient (Wildman–Crippen LogP) is 4.11. The quantitative estimate of drug-likeness (QED) is 0.471. The molecule has 8 nitrogen and oxygen atoms in total. The van der Waals surface area contributed by atoms with Crippen LogP contribution < -0.4 is 9.64 Å². The van der Waals surface area contributed by atoms with Gasteiger partial charge in [-0.05, 0) is 49.2 Å². The van der Waals surface area contributed by atoms with Crippen molar-refractivity contribution in [3.05, 3.63) is 46.4 Å². The van der Waals surface area contributed by atoms with E-state index >= 15 is 0 Å². The average molecular weight is 556 g/mol. The smallest absolute Gasteiger partial charge is 0.243 e. The van der Waals surface area contributed by atoms with E-state index in [4.69, 9.17) is 32.9 Å². The monoisotopic (exact) mass is 554 g/mol. The zero-order valence-corrected chi connectivity index (χ0v) is 22.1. The summed E-state index contributed by atoms with van der Waals surface area (Å²) in [5, 5.41) is 1.91. The molecule has 0 saturated carbocycles. The minimum Gasteiger partial charge on any atom is -0.494 e. The molecule has 0 aliphatic carbocycles. The van der Waals surface area contributed by atoms with Gasteiger partial charge < -0.3 is 14.5 Å². The van der Waals surface area contributed by atoms with Crippen LogP contribution in [0.15, 0.2) is 41.3 Å². The van der Waals surface area contributed by atoms with Gasteiger partial charge >= 0.3 is 0 Å². The lowest BCUT2D eigenvalue weighted by atomic mass is 10.2. The third-order valence-corrected chi connectivity index (χ3v) is 10.2. The Morgan fingerprint density at radius 2 is 1.77 bits per heavy atom. The number of carbonyl (C=O) groups is 1. The maximum atomic E-state index is 13.4. The molecule has 0 bridgehead atoms. The van der Waals surface area contributed by atoms with Crippen LogP contribution in [0.3, 0.4) is 0 Å². The number of thiazole rings is 1. The summed E-state index contributed by atoms with van der Waals surface area (Å²) in [6.07, 6.45) is 1.17. The first-order valence-corrected chi connectivity index (χ1v) is 14.2. The molecule has 1 aromatic heterocycles. The number of hydrogen-bond donors (Lipinski definition) is 0. The second kappa shape index (κ2) is 9.74. The van der Waals surface area contributed by atoms with Crippen molar-refractivity contribution in [1.29, 1.82) is 0 Å². The topological polar surface area (TPSA) is 83.0 Å². The summed E-state index contributed by atoms with van der Waals surface area (Å²) in [5.41, 5.74) is 0.729. The molecule has 2 aliphatic rings. The van der Waals surface area contributed by atoms with E-state index in [0.717, 1.165) is 15.3 Å². The van der Waals surface area contributed by atoms with E-state index in [0.29, 0.717) is 61.4 Å². The highest BCUT2D eigenvalue weighted by atomic mass is 35.5. The van der Waals surface area contributed by atoms with Gasteiger partial charge in [-0.15, -0.1) is 0 Å². The van der Waals surface area contributed by atoms with Crippen LogP contribution in [0.4, 0.5) is 5.13 Å². The summed E-state index contributed by atoms with van der Waals surface area (Å²) in [6, 6.07) is 8.97. The summed E-state index contributed by atoms with van der Waals surface area (Å²) in [4.78, 5) is 22.2. The normalized spacial score (nSPS) is 19.5. The van der Waals surface area contributed by atoms with E-state index in [-0.39, 0.29) is 10.8 Å². The maximum absolute atomic E-state index is 13.4. The number of benzene rings is 2. The Labute approximate surface area is 218 Å². The molecule has 2 aromatic carbocycles. The lowest BCUT2D eigenvalue weighted by Gasteiger charge is -2.37. The number of nitrogens with zero attached hydrogens (tertiary/aromatic N) is 4. The Balaban J connectivity index is 1.29. The molecular weight excluding hydrogens is 531 g/mol. The molecule has 3 aromatic rings. The van der Waals surface area contributed by atoms with Crippen molar-refractivity contribution in [3.8, 4) is 5.75 Å². The highest BCUT2D eigenvalue weighted by Crippen LogP contribution is 2.39. The van der Waals surface area contributed by atoms with Crippen LogP contribution in [0, 0.1) is 0 Å². The van der Waals surface area contributed by atoms with Crippen LogP contribution in [-0.4, -0.2) is 74.4 Å². The Bertz CT molecular complexity index is 1360. The second-order valence-corrected chi connectivity index (χ2v) is 12.2. The van der Waals surface area contributed by atoms with Crippen LogP contribution >= 0.6 is 34.5 Å². The van der Waals surface area contributed by atoms with Crippen molar-refractivity contribution in [2.24, 2.45) is 0 Å². The summed E-state index contributed by atoms with van der Waals surface area (Å²) in [6.45, 7) is 2.51. The number of amides is 1. The molecule has 0 spiro atoms. The first-order valence-electron chi connectivity index (χ1n) is 11.2. The Morgan fingerprint density at radius 1 is 1.06 bits per heavy atom. The van der Waals surface area contributed by atoms with Crippen molar-refractivity contribution in [2.75, 3.05) is 44.7 Å². The van der Waals surface area contributed by atoms with E-state index in [2.05, 4.69) is 4.90 Å². The number of halogens is 2. The van der Waals surface area contributed by atoms with Gasteiger partial charge in [0.05, 0.1) is 21.7 Å². The van der Waals surface area contributed by atoms with Gasteiger partial charge in [0.25, 0.3) is 0 Å². The molecule has 2 aliphatic heterocycles. The molecule has 3 heterocycles. The highest BCUT2D eigenvalue weighted by molar-refractivity contribution is 7.89. The number of rotatable bonds is 5. The fourth-order valence-corrected chi connectivity index (χ4v) is 7.67. The minimum absolute atomic E-state index is 0.145. The van der Waals surface area contributed by atoms with Crippen LogP contribution in [0.25, 0.3) is 10.2 Å². The number of sulfonamides is 1. The molecular formula is C23H24Cl2N4O4S2. The molecule has 1 unspecified atom stereocenters. The zero-order chi connectivity index (χ0) is 24.7. The number of ether oxygens (including phenoxy) is 1. The number of piperazine rings is 1. The third kappa shape index (κ3) is 4.58. The van der Waals surface area contributed by atoms with Crippen molar-refractivity contribution in [2.45, 2.75) is 23.8 Å². The lowest BCUT2D eigenvalue weighted by molar-refractivity contribution is -0.134. The molecule has 2 fully saturated rings. The Hall–Kier alpha value is -2.11. The van der Waals surface area contributed by atoms with Crippen molar-refractivity contribution < 1.29 is 17.9 Å². The largest absolute Gasteiger partial charge is 0.494 e. The van der Waals surface area contributed by atoms with Gasteiger partial charge in [-0.25, -0.2) is 13.4 Å². The van der Waals surface area contributed by atoms with Gasteiger partial charge in [-0.2, -0.15) is 4.31 Å².